The third-order valence-electron chi connectivity index (χ3n) is 9.63. The standard InChI is InChI=1S/C34H48F2N6/c1-21(2)41-15-11-26(12-16-41)30-20-31-32(39-25(7)40-33(31)38-24(30)6)37-23(5)27-9-8-10-29(19-27)34(35,36)28-13-17-42(18-14-28)22(3)4/h8-10,19-23,26,28H,11-18H2,1-7H3,(H,37,38,39,40)/t23-/m1/s1. The van der Waals surface area contributed by atoms with Gasteiger partial charge in [-0.2, -0.15) is 0 Å². The lowest BCUT2D eigenvalue weighted by atomic mass is 9.85. The SMILES string of the molecule is Cc1nc(N[C@H](C)c2cccc(C(F)(F)C3CCN(C(C)C)CC3)c2)c2cc(C3CCN(C(C)C)CC3)c(C)nc2n1. The Kier molecular flexibility index (Phi) is 9.14. The maximum absolute atomic E-state index is 15.8. The fourth-order valence-electron chi connectivity index (χ4n) is 6.84. The Labute approximate surface area is 250 Å². The molecule has 2 aromatic heterocycles. The van der Waals surface area contributed by atoms with E-state index in [1.807, 2.05) is 19.9 Å². The van der Waals surface area contributed by atoms with Gasteiger partial charge in [-0.3, -0.25) is 0 Å². The molecule has 228 valence electrons. The fraction of sp³-hybridized carbons (Fsp3) is 0.618. The van der Waals surface area contributed by atoms with E-state index in [-0.39, 0.29) is 11.6 Å². The van der Waals surface area contributed by atoms with E-state index in [1.165, 1.54) is 5.56 Å². The molecule has 2 saturated heterocycles. The summed E-state index contributed by atoms with van der Waals surface area (Å²) in [5.41, 5.74) is 3.88. The van der Waals surface area contributed by atoms with Crippen LogP contribution in [-0.4, -0.2) is 63.0 Å². The van der Waals surface area contributed by atoms with Crippen LogP contribution in [-0.2, 0) is 5.92 Å². The molecular formula is C34H48F2N6. The molecule has 4 heterocycles. The predicted molar refractivity (Wildman–Crippen MR) is 167 cm³/mol. The van der Waals surface area contributed by atoms with Crippen LogP contribution >= 0.6 is 0 Å². The highest BCUT2D eigenvalue weighted by Gasteiger charge is 2.43. The van der Waals surface area contributed by atoms with E-state index in [4.69, 9.17) is 9.97 Å². The van der Waals surface area contributed by atoms with Gasteiger partial charge in [-0.05, 0) is 130 Å². The molecule has 3 aromatic rings. The number of anilines is 1. The van der Waals surface area contributed by atoms with Gasteiger partial charge in [-0.25, -0.2) is 23.7 Å². The lowest BCUT2D eigenvalue weighted by molar-refractivity contribution is -0.0876. The topological polar surface area (TPSA) is 57.2 Å². The van der Waals surface area contributed by atoms with Gasteiger partial charge < -0.3 is 15.1 Å². The van der Waals surface area contributed by atoms with Gasteiger partial charge in [0.05, 0.1) is 5.39 Å². The van der Waals surface area contributed by atoms with E-state index in [2.05, 4.69) is 60.8 Å². The fourth-order valence-corrected chi connectivity index (χ4v) is 6.84. The second kappa shape index (κ2) is 12.5. The van der Waals surface area contributed by atoms with Crippen molar-refractivity contribution in [1.82, 2.24) is 24.8 Å². The Balaban J connectivity index is 1.37. The zero-order valence-electron chi connectivity index (χ0n) is 26.4. The zero-order valence-corrected chi connectivity index (χ0v) is 26.4. The summed E-state index contributed by atoms with van der Waals surface area (Å²) < 4.78 is 31.5. The summed E-state index contributed by atoms with van der Waals surface area (Å²) in [6.45, 7) is 18.4. The van der Waals surface area contributed by atoms with Crippen LogP contribution in [0.1, 0.15) is 100 Å². The molecule has 1 atom stereocenters. The predicted octanol–water partition coefficient (Wildman–Crippen LogP) is 7.61. The minimum absolute atomic E-state index is 0.104. The summed E-state index contributed by atoms with van der Waals surface area (Å²) in [6.07, 6.45) is 3.24. The Bertz CT molecular complexity index is 1370. The number of rotatable bonds is 8. The van der Waals surface area contributed by atoms with E-state index in [0.717, 1.165) is 55.7 Å². The lowest BCUT2D eigenvalue weighted by Crippen LogP contribution is -2.42. The average Bonchev–Trinajstić information content (AvgIpc) is 2.97. The van der Waals surface area contributed by atoms with Crippen molar-refractivity contribution in [2.75, 3.05) is 31.5 Å². The van der Waals surface area contributed by atoms with Gasteiger partial charge in [-0.1, -0.05) is 18.2 Å². The van der Waals surface area contributed by atoms with Gasteiger partial charge in [0.15, 0.2) is 5.65 Å². The summed E-state index contributed by atoms with van der Waals surface area (Å²) in [5.74, 6) is -1.71. The van der Waals surface area contributed by atoms with Crippen molar-refractivity contribution in [3.8, 4) is 0 Å². The van der Waals surface area contributed by atoms with E-state index < -0.39 is 11.8 Å². The molecule has 0 spiro atoms. The molecule has 0 bridgehead atoms. The molecule has 2 aliphatic heterocycles. The molecule has 6 nitrogen and oxygen atoms in total. The molecule has 2 fully saturated rings. The molecule has 1 aromatic carbocycles. The van der Waals surface area contributed by atoms with Gasteiger partial charge >= 0.3 is 0 Å². The minimum atomic E-state index is -2.86. The van der Waals surface area contributed by atoms with Crippen LogP contribution in [0.25, 0.3) is 11.0 Å². The third kappa shape index (κ3) is 6.45. The van der Waals surface area contributed by atoms with Crippen molar-refractivity contribution in [1.29, 1.82) is 0 Å². The van der Waals surface area contributed by atoms with Crippen LogP contribution in [0.3, 0.4) is 0 Å². The maximum Gasteiger partial charge on any atom is 0.276 e. The molecule has 0 saturated carbocycles. The molecule has 42 heavy (non-hydrogen) atoms. The molecule has 0 amide bonds. The van der Waals surface area contributed by atoms with Crippen molar-refractivity contribution >= 4 is 16.9 Å². The molecule has 0 unspecified atom stereocenters. The molecule has 5 rings (SSSR count). The van der Waals surface area contributed by atoms with E-state index in [9.17, 15) is 0 Å². The van der Waals surface area contributed by atoms with Gasteiger partial charge in [0.25, 0.3) is 5.92 Å². The summed E-state index contributed by atoms with van der Waals surface area (Å²) in [6, 6.07) is 9.89. The lowest BCUT2D eigenvalue weighted by Gasteiger charge is -2.38. The Hall–Kier alpha value is -2.71. The second-order valence-corrected chi connectivity index (χ2v) is 13.1. The van der Waals surface area contributed by atoms with Crippen LogP contribution in [0.5, 0.6) is 0 Å². The number of aromatic nitrogens is 3. The number of fused-ring (bicyclic) bond motifs is 1. The highest BCUT2D eigenvalue weighted by atomic mass is 19.3. The number of pyridine rings is 1. The van der Waals surface area contributed by atoms with E-state index in [1.54, 1.807) is 18.2 Å². The first-order valence-corrected chi connectivity index (χ1v) is 15.8. The molecule has 0 radical (unpaired) electrons. The van der Waals surface area contributed by atoms with Crippen molar-refractivity contribution < 1.29 is 8.78 Å². The number of alkyl halides is 2. The van der Waals surface area contributed by atoms with Gasteiger partial charge in [0.1, 0.15) is 11.6 Å². The molecule has 1 N–H and O–H groups in total. The van der Waals surface area contributed by atoms with E-state index >= 15 is 8.78 Å². The Morgan fingerprint density at radius 1 is 0.833 bits per heavy atom. The smallest absolute Gasteiger partial charge is 0.276 e. The number of aryl methyl sites for hydroxylation is 2. The second-order valence-electron chi connectivity index (χ2n) is 13.1. The van der Waals surface area contributed by atoms with Crippen molar-refractivity contribution in [3.05, 3.63) is 58.5 Å². The molecule has 2 aliphatic rings. The Morgan fingerprint density at radius 2 is 1.45 bits per heavy atom. The minimum Gasteiger partial charge on any atom is -0.363 e. The van der Waals surface area contributed by atoms with Crippen molar-refractivity contribution in [2.45, 2.75) is 104 Å². The molecular weight excluding hydrogens is 530 g/mol. The number of likely N-dealkylation sites (tertiary alicyclic amines) is 2. The normalized spacial score (nSPS) is 19.2. The number of benzene rings is 1. The zero-order chi connectivity index (χ0) is 30.2. The van der Waals surface area contributed by atoms with E-state index in [0.29, 0.717) is 48.1 Å². The summed E-state index contributed by atoms with van der Waals surface area (Å²) in [4.78, 5) is 19.1. The highest BCUT2D eigenvalue weighted by Crippen LogP contribution is 2.42. The third-order valence-corrected chi connectivity index (χ3v) is 9.63. The van der Waals surface area contributed by atoms with Gasteiger partial charge in [0, 0.05) is 35.3 Å². The maximum atomic E-state index is 15.8. The Morgan fingerprint density at radius 3 is 2.07 bits per heavy atom. The number of piperidine rings is 2. The molecule has 0 aliphatic carbocycles. The number of nitrogens with one attached hydrogen (secondary N) is 1. The number of nitrogens with zero attached hydrogens (tertiary/aromatic N) is 5. The number of hydrogen-bond donors (Lipinski definition) is 1. The summed E-state index contributed by atoms with van der Waals surface area (Å²) >= 11 is 0. The average molecular weight is 579 g/mol. The number of hydrogen-bond acceptors (Lipinski definition) is 6. The van der Waals surface area contributed by atoms with Crippen molar-refractivity contribution in [3.63, 3.8) is 0 Å². The quantitative estimate of drug-likeness (QED) is 0.297. The monoisotopic (exact) mass is 578 g/mol. The summed E-state index contributed by atoms with van der Waals surface area (Å²) in [7, 11) is 0. The first-order valence-electron chi connectivity index (χ1n) is 15.8. The van der Waals surface area contributed by atoms with Crippen molar-refractivity contribution in [2.24, 2.45) is 5.92 Å². The van der Waals surface area contributed by atoms with Gasteiger partial charge in [0.2, 0.25) is 0 Å². The van der Waals surface area contributed by atoms with Crippen LogP contribution in [0.2, 0.25) is 0 Å². The van der Waals surface area contributed by atoms with Crippen LogP contribution < -0.4 is 5.32 Å². The van der Waals surface area contributed by atoms with Crippen LogP contribution in [0.4, 0.5) is 14.6 Å². The summed E-state index contributed by atoms with van der Waals surface area (Å²) in [5, 5.41) is 4.43. The van der Waals surface area contributed by atoms with Gasteiger partial charge in [-0.15, -0.1) is 0 Å². The van der Waals surface area contributed by atoms with Crippen LogP contribution in [0.15, 0.2) is 30.3 Å². The molecule has 8 heteroatoms. The highest BCUT2D eigenvalue weighted by molar-refractivity contribution is 5.87. The first-order chi connectivity index (χ1) is 19.9. The number of halogens is 2. The first kappa shape index (κ1) is 30.7. The van der Waals surface area contributed by atoms with Crippen LogP contribution in [0, 0.1) is 19.8 Å². The largest absolute Gasteiger partial charge is 0.363 e.